The Kier molecular flexibility index (Phi) is 8.57. The van der Waals surface area contributed by atoms with Crippen molar-refractivity contribution in [3.63, 3.8) is 0 Å². The molecule has 284 valence electrons. The van der Waals surface area contributed by atoms with E-state index in [2.05, 4.69) is 218 Å². The fourth-order valence-electron chi connectivity index (χ4n) is 10.3. The lowest BCUT2D eigenvalue weighted by Gasteiger charge is -2.37. The molecule has 11 rings (SSSR count). The van der Waals surface area contributed by atoms with Crippen LogP contribution in [0.3, 0.4) is 0 Å². The molecule has 1 nitrogen and oxygen atoms in total. The van der Waals surface area contributed by atoms with E-state index < -0.39 is 5.41 Å². The molecule has 0 radical (unpaired) electrons. The summed E-state index contributed by atoms with van der Waals surface area (Å²) >= 11 is 0. The first-order chi connectivity index (χ1) is 29.7. The molecule has 8 aromatic rings. The fourth-order valence-corrected chi connectivity index (χ4v) is 10.3. The van der Waals surface area contributed by atoms with Gasteiger partial charge in [-0.15, -0.1) is 0 Å². The van der Waals surface area contributed by atoms with E-state index >= 15 is 0 Å². The number of benzene rings is 8. The van der Waals surface area contributed by atoms with Crippen molar-refractivity contribution in [3.8, 4) is 44.5 Å². The topological polar surface area (TPSA) is 3.24 Å². The monoisotopic (exact) mass is 765 g/mol. The maximum atomic E-state index is 4.40. The molecule has 0 saturated carbocycles. The molecule has 3 aliphatic rings. The number of para-hydroxylation sites is 1. The van der Waals surface area contributed by atoms with Crippen LogP contribution in [0.5, 0.6) is 0 Å². The van der Waals surface area contributed by atoms with Crippen LogP contribution >= 0.6 is 0 Å². The molecule has 0 N–H and O–H groups in total. The van der Waals surface area contributed by atoms with Gasteiger partial charge < -0.3 is 4.90 Å². The molecule has 1 aliphatic heterocycles. The first-order valence-corrected chi connectivity index (χ1v) is 21.0. The number of allylic oxidation sites excluding steroid dienone is 8. The highest BCUT2D eigenvalue weighted by Gasteiger charge is 2.49. The van der Waals surface area contributed by atoms with Gasteiger partial charge in [0, 0.05) is 22.2 Å². The maximum Gasteiger partial charge on any atom is 0.0714 e. The molecule has 0 saturated heterocycles. The van der Waals surface area contributed by atoms with Crippen LogP contribution in [0.15, 0.2) is 231 Å². The SMILES string of the molecule is C=C/C=C(\C=C)C1(c2ccccc2)c2ccccc2-c2c1ccc1c2N(c2ccccc2)c2cccc3c(-c4cc(C5=CCCC=C5)cc(-c5ccccc5)c4)ccc-1c23. The zero-order valence-corrected chi connectivity index (χ0v) is 33.5. The molecular weight excluding hydrogens is 723 g/mol. The van der Waals surface area contributed by atoms with Gasteiger partial charge in [-0.2, -0.15) is 0 Å². The van der Waals surface area contributed by atoms with Gasteiger partial charge in [-0.1, -0.05) is 189 Å². The summed E-state index contributed by atoms with van der Waals surface area (Å²) < 4.78 is 0. The van der Waals surface area contributed by atoms with Crippen molar-refractivity contribution in [1.82, 2.24) is 0 Å². The third-order valence-corrected chi connectivity index (χ3v) is 12.8. The standard InChI is InChI=1S/C59H43N/c1-3-20-45(4-2)59(46-25-13-7-14-26-46)53-31-18-17-29-52(53)57-54(59)36-35-51-50-34-33-48(49-30-19-32-55(56(49)50)60(58(51)57)47-27-15-8-16-28-47)44-38-42(40-21-9-5-10-22-40)37-43(39-44)41-23-11-6-12-24-41/h3-5,7-11,13-39H,1-2,6,12H2/b45-20+. The number of hydrogen-bond donors (Lipinski definition) is 0. The Morgan fingerprint density at radius 1 is 0.550 bits per heavy atom. The summed E-state index contributed by atoms with van der Waals surface area (Å²) in [6.07, 6.45) is 15.2. The van der Waals surface area contributed by atoms with Crippen LogP contribution in [0.2, 0.25) is 0 Å². The highest BCUT2D eigenvalue weighted by Crippen LogP contribution is 2.64. The van der Waals surface area contributed by atoms with E-state index in [9.17, 15) is 0 Å². The average molecular weight is 766 g/mol. The Morgan fingerprint density at radius 3 is 2.02 bits per heavy atom. The number of nitrogens with zero attached hydrogens (tertiary/aromatic N) is 1. The van der Waals surface area contributed by atoms with Crippen molar-refractivity contribution >= 4 is 33.4 Å². The van der Waals surface area contributed by atoms with E-state index in [1.807, 2.05) is 12.2 Å². The Labute approximate surface area is 352 Å². The second-order valence-electron chi connectivity index (χ2n) is 15.9. The van der Waals surface area contributed by atoms with E-state index in [0.717, 1.165) is 24.1 Å². The summed E-state index contributed by atoms with van der Waals surface area (Å²) in [7, 11) is 0. The predicted molar refractivity (Wildman–Crippen MR) is 255 cm³/mol. The van der Waals surface area contributed by atoms with Crippen LogP contribution < -0.4 is 4.90 Å². The number of hydrogen-bond acceptors (Lipinski definition) is 1. The lowest BCUT2D eigenvalue weighted by atomic mass is 9.67. The molecule has 60 heavy (non-hydrogen) atoms. The first kappa shape index (κ1) is 35.7. The van der Waals surface area contributed by atoms with Crippen molar-refractivity contribution in [2.75, 3.05) is 4.90 Å². The average Bonchev–Trinajstić information content (AvgIpc) is 3.63. The van der Waals surface area contributed by atoms with Crippen LogP contribution in [-0.4, -0.2) is 0 Å². The van der Waals surface area contributed by atoms with Gasteiger partial charge in [0.1, 0.15) is 0 Å². The Morgan fingerprint density at radius 2 is 1.25 bits per heavy atom. The molecule has 0 aromatic heterocycles. The van der Waals surface area contributed by atoms with Gasteiger partial charge in [0.15, 0.2) is 0 Å². The third kappa shape index (κ3) is 5.33. The minimum absolute atomic E-state index is 0.596. The van der Waals surface area contributed by atoms with Gasteiger partial charge in [-0.25, -0.2) is 0 Å². The second-order valence-corrected chi connectivity index (χ2v) is 15.9. The summed E-state index contributed by atoms with van der Waals surface area (Å²) in [4.78, 5) is 2.53. The van der Waals surface area contributed by atoms with E-state index in [-0.39, 0.29) is 0 Å². The lowest BCUT2D eigenvalue weighted by Crippen LogP contribution is -2.29. The van der Waals surface area contributed by atoms with E-state index in [1.165, 1.54) is 94.5 Å². The van der Waals surface area contributed by atoms with Gasteiger partial charge >= 0.3 is 0 Å². The number of fused-ring (bicyclic) bond motifs is 6. The zero-order chi connectivity index (χ0) is 40.2. The Balaban J connectivity index is 1.22. The minimum Gasteiger partial charge on any atom is -0.309 e. The van der Waals surface area contributed by atoms with Crippen molar-refractivity contribution in [2.45, 2.75) is 18.3 Å². The van der Waals surface area contributed by atoms with Crippen LogP contribution in [-0.2, 0) is 5.41 Å². The van der Waals surface area contributed by atoms with Crippen molar-refractivity contribution in [3.05, 3.63) is 253 Å². The highest BCUT2D eigenvalue weighted by atomic mass is 15.2. The smallest absolute Gasteiger partial charge is 0.0714 e. The van der Waals surface area contributed by atoms with Crippen LogP contribution in [0, 0.1) is 0 Å². The number of rotatable bonds is 8. The second kappa shape index (κ2) is 14.4. The van der Waals surface area contributed by atoms with Gasteiger partial charge in [-0.05, 0) is 121 Å². The molecule has 8 aromatic carbocycles. The molecule has 1 unspecified atom stereocenters. The predicted octanol–water partition coefficient (Wildman–Crippen LogP) is 16.0. The molecule has 0 fully saturated rings. The number of anilines is 3. The molecular formula is C59H43N. The molecule has 1 heteroatoms. The molecule has 0 spiro atoms. The normalized spacial score (nSPS) is 16.2. The first-order valence-electron chi connectivity index (χ1n) is 21.0. The summed E-state index contributed by atoms with van der Waals surface area (Å²) in [5.41, 5.74) is 20.1. The van der Waals surface area contributed by atoms with Crippen LogP contribution in [0.4, 0.5) is 17.1 Å². The van der Waals surface area contributed by atoms with E-state index in [4.69, 9.17) is 0 Å². The summed E-state index contributed by atoms with van der Waals surface area (Å²) in [5, 5.41) is 2.50. The lowest BCUT2D eigenvalue weighted by molar-refractivity contribution is 0.767. The van der Waals surface area contributed by atoms with E-state index in [1.54, 1.807) is 0 Å². The molecule has 1 heterocycles. The third-order valence-electron chi connectivity index (χ3n) is 12.8. The van der Waals surface area contributed by atoms with E-state index in [0.29, 0.717) is 0 Å². The summed E-state index contributed by atoms with van der Waals surface area (Å²) in [6, 6.07) is 65.1. The van der Waals surface area contributed by atoms with Crippen LogP contribution in [0.1, 0.15) is 35.1 Å². The molecule has 0 bridgehead atoms. The Bertz CT molecular complexity index is 3110. The fraction of sp³-hybridized carbons (Fsp3) is 0.0508. The summed E-state index contributed by atoms with van der Waals surface area (Å²) in [6.45, 7) is 8.57. The molecule has 2 aliphatic carbocycles. The van der Waals surface area contributed by atoms with Crippen LogP contribution in [0.25, 0.3) is 60.9 Å². The quantitative estimate of drug-likeness (QED) is 0.139. The van der Waals surface area contributed by atoms with Gasteiger partial charge in [0.05, 0.1) is 16.8 Å². The Hall–Kier alpha value is -7.48. The largest absolute Gasteiger partial charge is 0.309 e. The van der Waals surface area contributed by atoms with Gasteiger partial charge in [-0.3, -0.25) is 0 Å². The van der Waals surface area contributed by atoms with Gasteiger partial charge in [0.25, 0.3) is 0 Å². The van der Waals surface area contributed by atoms with Crippen molar-refractivity contribution < 1.29 is 0 Å². The highest BCUT2D eigenvalue weighted by molar-refractivity contribution is 6.20. The van der Waals surface area contributed by atoms with Crippen molar-refractivity contribution in [1.29, 1.82) is 0 Å². The van der Waals surface area contributed by atoms with Gasteiger partial charge in [0.2, 0.25) is 0 Å². The molecule has 0 amide bonds. The maximum absolute atomic E-state index is 4.40. The van der Waals surface area contributed by atoms with Crippen molar-refractivity contribution in [2.24, 2.45) is 0 Å². The summed E-state index contributed by atoms with van der Waals surface area (Å²) in [5.74, 6) is 0. The molecule has 1 atom stereocenters. The zero-order valence-electron chi connectivity index (χ0n) is 33.5. The minimum atomic E-state index is -0.596.